The molecule has 5 rings (SSSR count). The maximum absolute atomic E-state index is 12.9. The highest BCUT2D eigenvalue weighted by atomic mass is 16.2. The van der Waals surface area contributed by atoms with E-state index in [1.807, 2.05) is 54.8 Å². The number of nitrogens with zero attached hydrogens (tertiary/aromatic N) is 3. The number of likely N-dealkylation sites (tertiary alicyclic amines) is 1. The Hall–Kier alpha value is -3.03. The number of fused-ring (bicyclic) bond motifs is 1. The van der Waals surface area contributed by atoms with Gasteiger partial charge in [-0.1, -0.05) is 12.1 Å². The number of hydrogen-bond acceptors (Lipinski definition) is 4. The van der Waals surface area contributed by atoms with Gasteiger partial charge in [0.25, 0.3) is 5.91 Å². The molecule has 0 aromatic heterocycles. The summed E-state index contributed by atoms with van der Waals surface area (Å²) in [6.07, 6.45) is 4.33. The normalized spacial score (nSPS) is 24.6. The van der Waals surface area contributed by atoms with Gasteiger partial charge >= 0.3 is 6.03 Å². The van der Waals surface area contributed by atoms with Gasteiger partial charge in [-0.2, -0.15) is 0 Å². The van der Waals surface area contributed by atoms with Gasteiger partial charge in [0.1, 0.15) is 0 Å². The highest BCUT2D eigenvalue weighted by Gasteiger charge is 2.50. The van der Waals surface area contributed by atoms with Gasteiger partial charge in [-0.05, 0) is 75.6 Å². The van der Waals surface area contributed by atoms with Gasteiger partial charge in [-0.3, -0.25) is 9.59 Å². The van der Waals surface area contributed by atoms with Crippen molar-refractivity contribution in [2.24, 2.45) is 17.6 Å². The van der Waals surface area contributed by atoms with Crippen molar-refractivity contribution in [3.63, 3.8) is 0 Å². The Morgan fingerprint density at radius 2 is 1.60 bits per heavy atom. The lowest BCUT2D eigenvalue weighted by Gasteiger charge is -2.42. The number of hydrogen-bond donors (Lipinski definition) is 2. The van der Waals surface area contributed by atoms with Crippen molar-refractivity contribution < 1.29 is 14.4 Å². The lowest BCUT2D eigenvalue weighted by Crippen LogP contribution is -2.59. The largest absolute Gasteiger partial charge is 0.369 e. The van der Waals surface area contributed by atoms with Gasteiger partial charge in [0, 0.05) is 49.5 Å². The number of nitrogens with one attached hydrogen (secondary N) is 1. The molecule has 4 aliphatic rings. The molecule has 188 valence electrons. The first kappa shape index (κ1) is 23.7. The first-order chi connectivity index (χ1) is 16.6. The summed E-state index contributed by atoms with van der Waals surface area (Å²) in [7, 11) is 0. The van der Waals surface area contributed by atoms with Crippen LogP contribution in [-0.2, 0) is 4.79 Å². The van der Waals surface area contributed by atoms with Gasteiger partial charge in [0.2, 0.25) is 5.91 Å². The van der Waals surface area contributed by atoms with E-state index in [1.54, 1.807) is 0 Å². The topological polar surface area (TPSA) is 99.0 Å². The van der Waals surface area contributed by atoms with E-state index in [0.29, 0.717) is 31.1 Å². The van der Waals surface area contributed by atoms with Crippen LogP contribution in [0.15, 0.2) is 30.0 Å². The highest BCUT2D eigenvalue weighted by Crippen LogP contribution is 2.51. The van der Waals surface area contributed by atoms with Crippen molar-refractivity contribution in [2.45, 2.75) is 58.0 Å². The van der Waals surface area contributed by atoms with Gasteiger partial charge in [0.15, 0.2) is 0 Å². The number of amides is 4. The summed E-state index contributed by atoms with van der Waals surface area (Å²) in [5.41, 5.74) is 9.53. The predicted molar refractivity (Wildman–Crippen MR) is 134 cm³/mol. The Kier molecular flexibility index (Phi) is 6.01. The zero-order valence-electron chi connectivity index (χ0n) is 21.0. The second kappa shape index (κ2) is 8.88. The van der Waals surface area contributed by atoms with Crippen molar-refractivity contribution >= 4 is 23.4 Å². The number of rotatable bonds is 4. The van der Waals surface area contributed by atoms with Crippen molar-refractivity contribution in [1.29, 1.82) is 0 Å². The van der Waals surface area contributed by atoms with Crippen LogP contribution in [0.25, 0.3) is 5.57 Å². The number of urea groups is 1. The second-order valence-electron chi connectivity index (χ2n) is 11.4. The molecule has 8 heteroatoms. The average Bonchev–Trinajstić information content (AvgIpc) is 3.37. The Labute approximate surface area is 207 Å². The Bertz CT molecular complexity index is 1050. The number of carbonyl (C=O) groups excluding carboxylic acids is 3. The molecule has 1 aromatic carbocycles. The fraction of sp³-hybridized carbons (Fsp3) is 0.593. The van der Waals surface area contributed by atoms with Crippen molar-refractivity contribution in [3.8, 4) is 0 Å². The van der Waals surface area contributed by atoms with Crippen LogP contribution in [0.2, 0.25) is 0 Å². The Morgan fingerprint density at radius 3 is 2.17 bits per heavy atom. The molecule has 3 fully saturated rings. The molecule has 1 aromatic rings. The fourth-order valence-corrected chi connectivity index (χ4v) is 5.85. The van der Waals surface area contributed by atoms with Gasteiger partial charge in [-0.25, -0.2) is 4.79 Å². The average molecular weight is 480 g/mol. The van der Waals surface area contributed by atoms with E-state index in [4.69, 9.17) is 5.73 Å². The minimum absolute atomic E-state index is 0.0706. The van der Waals surface area contributed by atoms with Crippen molar-refractivity contribution in [1.82, 2.24) is 20.0 Å². The number of allylic oxidation sites excluding steroid dienone is 1. The molecule has 1 saturated carbocycles. The van der Waals surface area contributed by atoms with Gasteiger partial charge < -0.3 is 25.8 Å². The van der Waals surface area contributed by atoms with Crippen LogP contribution in [0.1, 0.15) is 62.4 Å². The van der Waals surface area contributed by atoms with E-state index in [0.717, 1.165) is 49.9 Å². The third-order valence-electron chi connectivity index (χ3n) is 7.58. The van der Waals surface area contributed by atoms with E-state index in [9.17, 15) is 14.4 Å². The molecule has 3 N–H and O–H groups in total. The summed E-state index contributed by atoms with van der Waals surface area (Å²) in [6, 6.07) is 7.44. The maximum Gasteiger partial charge on any atom is 0.317 e. The van der Waals surface area contributed by atoms with Crippen LogP contribution in [0.5, 0.6) is 0 Å². The number of carbonyl (C=O) groups is 3. The van der Waals surface area contributed by atoms with Crippen LogP contribution < -0.4 is 11.1 Å². The van der Waals surface area contributed by atoms with E-state index in [2.05, 4.69) is 10.2 Å². The monoisotopic (exact) mass is 479 g/mol. The molecule has 2 atom stereocenters. The molecular formula is C27H37N5O3. The molecule has 35 heavy (non-hydrogen) atoms. The van der Waals surface area contributed by atoms with E-state index in [-0.39, 0.29) is 29.4 Å². The SMILES string of the molecule is CC(C)(C)NC(=O)N1CCN2C(C3CC3)=C(c3ccc(C(=O)N4CCCC4)cc3)C(C(N)=O)C2C1. The van der Waals surface area contributed by atoms with Gasteiger partial charge in [-0.15, -0.1) is 0 Å². The molecule has 4 amide bonds. The smallest absolute Gasteiger partial charge is 0.317 e. The fourth-order valence-electron chi connectivity index (χ4n) is 5.85. The van der Waals surface area contributed by atoms with Crippen LogP contribution in [0.4, 0.5) is 4.79 Å². The standard InChI is InChI=1S/C27H37N5O3/c1-27(2,3)29-26(35)31-14-15-32-20(16-31)22(24(28)33)21(23(32)18-8-9-18)17-6-10-19(11-7-17)25(34)30-12-4-5-13-30/h6-7,10-11,18,20,22H,4-5,8-9,12-16H2,1-3H3,(H2,28,33)(H,29,35). The van der Waals surface area contributed by atoms with E-state index in [1.165, 1.54) is 5.70 Å². The third-order valence-corrected chi connectivity index (χ3v) is 7.58. The lowest BCUT2D eigenvalue weighted by atomic mass is 9.87. The van der Waals surface area contributed by atoms with Crippen molar-refractivity contribution in [3.05, 3.63) is 41.1 Å². The summed E-state index contributed by atoms with van der Waals surface area (Å²) in [6.45, 7) is 9.28. The number of benzene rings is 1. The van der Waals surface area contributed by atoms with Gasteiger partial charge in [0.05, 0.1) is 12.0 Å². The number of piperazine rings is 1. The van der Waals surface area contributed by atoms with Crippen LogP contribution >= 0.6 is 0 Å². The quantitative estimate of drug-likeness (QED) is 0.694. The van der Waals surface area contributed by atoms with Crippen LogP contribution in [-0.4, -0.2) is 76.8 Å². The van der Waals surface area contributed by atoms with Crippen LogP contribution in [0.3, 0.4) is 0 Å². The summed E-state index contributed by atoms with van der Waals surface area (Å²) in [4.78, 5) is 44.6. The highest BCUT2D eigenvalue weighted by molar-refractivity contribution is 5.97. The summed E-state index contributed by atoms with van der Waals surface area (Å²) >= 11 is 0. The molecule has 0 radical (unpaired) electrons. The molecule has 3 heterocycles. The third kappa shape index (κ3) is 4.62. The van der Waals surface area contributed by atoms with Crippen molar-refractivity contribution in [2.75, 3.05) is 32.7 Å². The molecule has 2 saturated heterocycles. The first-order valence-electron chi connectivity index (χ1n) is 12.9. The molecule has 0 bridgehead atoms. The Balaban J connectivity index is 1.43. The summed E-state index contributed by atoms with van der Waals surface area (Å²) < 4.78 is 0. The van der Waals surface area contributed by atoms with E-state index < -0.39 is 5.92 Å². The first-order valence-corrected chi connectivity index (χ1v) is 12.9. The number of nitrogens with two attached hydrogens (primary N) is 1. The number of primary amides is 1. The summed E-state index contributed by atoms with van der Waals surface area (Å²) in [5, 5.41) is 3.04. The zero-order chi connectivity index (χ0) is 24.9. The molecule has 1 aliphatic carbocycles. The molecule has 0 spiro atoms. The summed E-state index contributed by atoms with van der Waals surface area (Å²) in [5.74, 6) is -0.351. The minimum atomic E-state index is -0.490. The van der Waals surface area contributed by atoms with E-state index >= 15 is 0 Å². The molecule has 2 unspecified atom stereocenters. The Morgan fingerprint density at radius 1 is 0.943 bits per heavy atom. The molecular weight excluding hydrogens is 442 g/mol. The zero-order valence-corrected chi connectivity index (χ0v) is 21.0. The maximum atomic E-state index is 12.9. The second-order valence-corrected chi connectivity index (χ2v) is 11.4. The predicted octanol–water partition coefficient (Wildman–Crippen LogP) is 2.65. The van der Waals surface area contributed by atoms with Crippen LogP contribution in [0, 0.1) is 11.8 Å². The minimum Gasteiger partial charge on any atom is -0.369 e. The molecule has 8 nitrogen and oxygen atoms in total. The molecule has 3 aliphatic heterocycles. The lowest BCUT2D eigenvalue weighted by molar-refractivity contribution is -0.121.